The van der Waals surface area contributed by atoms with Crippen molar-refractivity contribution in [3.63, 3.8) is 0 Å². The molecule has 6 heteroatoms. The predicted octanol–water partition coefficient (Wildman–Crippen LogP) is 2.77. The van der Waals surface area contributed by atoms with E-state index in [9.17, 15) is 4.39 Å². The van der Waals surface area contributed by atoms with Crippen LogP contribution in [0, 0.1) is 17.1 Å². The standard InChI is InChI=1S/C20H28FN5/c1-2-23-20(24-13-16-8-7-15(12-22)11-19(16)21)25-17-9-10-26(14-17)18-5-3-4-6-18/h7-8,11,17-18H,2-6,9-10,13-14H2,1H3,(H2,23,24,25). The summed E-state index contributed by atoms with van der Waals surface area (Å²) in [5.41, 5.74) is 0.832. The van der Waals surface area contributed by atoms with Gasteiger partial charge in [-0.1, -0.05) is 18.9 Å². The van der Waals surface area contributed by atoms with Crippen molar-refractivity contribution in [1.82, 2.24) is 15.5 Å². The summed E-state index contributed by atoms with van der Waals surface area (Å²) >= 11 is 0. The maximum atomic E-state index is 14.0. The van der Waals surface area contributed by atoms with Crippen LogP contribution < -0.4 is 10.6 Å². The van der Waals surface area contributed by atoms with Gasteiger partial charge >= 0.3 is 0 Å². The van der Waals surface area contributed by atoms with E-state index in [1.54, 1.807) is 12.1 Å². The molecule has 26 heavy (non-hydrogen) atoms. The molecule has 5 nitrogen and oxygen atoms in total. The number of guanidine groups is 1. The largest absolute Gasteiger partial charge is 0.357 e. The maximum absolute atomic E-state index is 14.0. The minimum Gasteiger partial charge on any atom is -0.357 e. The quantitative estimate of drug-likeness (QED) is 0.628. The van der Waals surface area contributed by atoms with Crippen LogP contribution in [0.1, 0.15) is 50.2 Å². The number of nitriles is 1. The van der Waals surface area contributed by atoms with Crippen LogP contribution in [0.5, 0.6) is 0 Å². The van der Waals surface area contributed by atoms with Crippen LogP contribution in [-0.2, 0) is 6.54 Å². The molecule has 1 unspecified atom stereocenters. The fourth-order valence-corrected chi connectivity index (χ4v) is 3.93. The minimum absolute atomic E-state index is 0.256. The summed E-state index contributed by atoms with van der Waals surface area (Å²) in [6, 6.07) is 7.63. The Balaban J connectivity index is 1.58. The van der Waals surface area contributed by atoms with Gasteiger partial charge in [0, 0.05) is 37.3 Å². The monoisotopic (exact) mass is 357 g/mol. The molecule has 1 aromatic carbocycles. The van der Waals surface area contributed by atoms with E-state index < -0.39 is 0 Å². The molecular formula is C20H28FN5. The van der Waals surface area contributed by atoms with E-state index in [4.69, 9.17) is 5.26 Å². The first-order valence-electron chi connectivity index (χ1n) is 9.67. The van der Waals surface area contributed by atoms with Crippen molar-refractivity contribution < 1.29 is 4.39 Å². The van der Waals surface area contributed by atoms with Crippen LogP contribution in [0.4, 0.5) is 4.39 Å². The van der Waals surface area contributed by atoms with Gasteiger partial charge in [-0.3, -0.25) is 4.90 Å². The first-order valence-corrected chi connectivity index (χ1v) is 9.67. The van der Waals surface area contributed by atoms with Crippen LogP contribution in [-0.4, -0.2) is 42.6 Å². The Morgan fingerprint density at radius 3 is 2.85 bits per heavy atom. The van der Waals surface area contributed by atoms with Crippen LogP contribution in [0.3, 0.4) is 0 Å². The third-order valence-corrected chi connectivity index (χ3v) is 5.34. The van der Waals surface area contributed by atoms with Gasteiger partial charge in [-0.2, -0.15) is 5.26 Å². The van der Waals surface area contributed by atoms with E-state index in [0.717, 1.165) is 38.1 Å². The number of aliphatic imine (C=N–C) groups is 1. The zero-order valence-corrected chi connectivity index (χ0v) is 15.5. The van der Waals surface area contributed by atoms with Crippen molar-refractivity contribution in [2.75, 3.05) is 19.6 Å². The average molecular weight is 357 g/mol. The van der Waals surface area contributed by atoms with Gasteiger partial charge in [-0.05, 0) is 38.3 Å². The molecule has 1 aromatic rings. The lowest BCUT2D eigenvalue weighted by Crippen LogP contribution is -2.45. The van der Waals surface area contributed by atoms with Crippen molar-refractivity contribution >= 4 is 5.96 Å². The van der Waals surface area contributed by atoms with E-state index >= 15 is 0 Å². The van der Waals surface area contributed by atoms with Crippen LogP contribution in [0.2, 0.25) is 0 Å². The SMILES string of the molecule is CCNC(=NCc1ccc(C#N)cc1F)NC1CCN(C2CCCC2)C1. The Kier molecular flexibility index (Phi) is 6.45. The summed E-state index contributed by atoms with van der Waals surface area (Å²) in [7, 11) is 0. The Labute approximate surface area is 155 Å². The molecule has 2 aliphatic rings. The van der Waals surface area contributed by atoms with E-state index in [1.165, 1.54) is 31.7 Å². The van der Waals surface area contributed by atoms with E-state index in [1.807, 2.05) is 13.0 Å². The molecule has 1 atom stereocenters. The maximum Gasteiger partial charge on any atom is 0.191 e. The van der Waals surface area contributed by atoms with Crippen molar-refractivity contribution in [3.8, 4) is 6.07 Å². The Morgan fingerprint density at radius 1 is 1.35 bits per heavy atom. The Bertz CT molecular complexity index is 675. The topological polar surface area (TPSA) is 63.5 Å². The molecule has 2 N–H and O–H groups in total. The van der Waals surface area contributed by atoms with Gasteiger partial charge in [-0.25, -0.2) is 9.38 Å². The van der Waals surface area contributed by atoms with Crippen molar-refractivity contribution in [3.05, 3.63) is 35.1 Å². The Hall–Kier alpha value is -2.13. The number of halogens is 1. The predicted molar refractivity (Wildman–Crippen MR) is 101 cm³/mol. The highest BCUT2D eigenvalue weighted by Crippen LogP contribution is 2.26. The fraction of sp³-hybridized carbons (Fsp3) is 0.600. The highest BCUT2D eigenvalue weighted by atomic mass is 19.1. The number of nitrogens with zero attached hydrogens (tertiary/aromatic N) is 3. The molecule has 2 fully saturated rings. The van der Waals surface area contributed by atoms with Crippen LogP contribution in [0.15, 0.2) is 23.2 Å². The summed E-state index contributed by atoms with van der Waals surface area (Å²) in [5.74, 6) is 0.353. The molecule has 1 heterocycles. The molecule has 0 aromatic heterocycles. The molecule has 0 spiro atoms. The van der Waals surface area contributed by atoms with Gasteiger partial charge in [0.05, 0.1) is 18.2 Å². The summed E-state index contributed by atoms with van der Waals surface area (Å²) in [6.45, 7) is 5.25. The number of likely N-dealkylation sites (tertiary alicyclic amines) is 1. The zero-order chi connectivity index (χ0) is 18.4. The summed E-state index contributed by atoms with van der Waals surface area (Å²) in [6.07, 6.45) is 6.50. The lowest BCUT2D eigenvalue weighted by Gasteiger charge is -2.24. The molecule has 0 radical (unpaired) electrons. The van der Waals surface area contributed by atoms with Gasteiger partial charge < -0.3 is 10.6 Å². The molecule has 0 amide bonds. The van der Waals surface area contributed by atoms with Crippen LogP contribution in [0.25, 0.3) is 0 Å². The molecule has 1 saturated heterocycles. The third kappa shape index (κ3) is 4.73. The third-order valence-electron chi connectivity index (χ3n) is 5.34. The second-order valence-corrected chi connectivity index (χ2v) is 7.18. The van der Waals surface area contributed by atoms with Gasteiger partial charge in [0.15, 0.2) is 5.96 Å². The Morgan fingerprint density at radius 2 is 2.15 bits per heavy atom. The van der Waals surface area contributed by atoms with E-state index in [2.05, 4.69) is 20.5 Å². The molecule has 1 aliphatic carbocycles. The van der Waals surface area contributed by atoms with Crippen molar-refractivity contribution in [2.24, 2.45) is 4.99 Å². The lowest BCUT2D eigenvalue weighted by atomic mass is 10.1. The molecule has 0 bridgehead atoms. The highest BCUT2D eigenvalue weighted by molar-refractivity contribution is 5.80. The molecule has 140 valence electrons. The second kappa shape index (κ2) is 9.00. The first kappa shape index (κ1) is 18.7. The first-order chi connectivity index (χ1) is 12.7. The number of benzene rings is 1. The normalized spacial score (nSPS) is 21.7. The fourth-order valence-electron chi connectivity index (χ4n) is 3.93. The van der Waals surface area contributed by atoms with Crippen molar-refractivity contribution in [1.29, 1.82) is 5.26 Å². The molecular weight excluding hydrogens is 329 g/mol. The molecule has 1 saturated carbocycles. The van der Waals surface area contributed by atoms with Gasteiger partial charge in [-0.15, -0.1) is 0 Å². The number of rotatable bonds is 5. The lowest BCUT2D eigenvalue weighted by molar-refractivity contribution is 0.242. The smallest absolute Gasteiger partial charge is 0.191 e. The summed E-state index contributed by atoms with van der Waals surface area (Å²) < 4.78 is 14.0. The second-order valence-electron chi connectivity index (χ2n) is 7.18. The average Bonchev–Trinajstić information content (AvgIpc) is 3.32. The van der Waals surface area contributed by atoms with E-state index in [0.29, 0.717) is 17.2 Å². The number of hydrogen-bond donors (Lipinski definition) is 2. The number of hydrogen-bond acceptors (Lipinski definition) is 3. The number of nitrogens with one attached hydrogen (secondary N) is 2. The molecule has 3 rings (SSSR count). The van der Waals surface area contributed by atoms with Gasteiger partial charge in [0.25, 0.3) is 0 Å². The summed E-state index contributed by atoms with van der Waals surface area (Å²) in [4.78, 5) is 7.14. The van der Waals surface area contributed by atoms with Crippen LogP contribution >= 0.6 is 0 Å². The van der Waals surface area contributed by atoms with Crippen molar-refractivity contribution in [2.45, 2.75) is 57.7 Å². The molecule has 1 aliphatic heterocycles. The van der Waals surface area contributed by atoms with Gasteiger partial charge in [0.1, 0.15) is 5.82 Å². The van der Waals surface area contributed by atoms with E-state index in [-0.39, 0.29) is 12.4 Å². The minimum atomic E-state index is -0.378. The zero-order valence-electron chi connectivity index (χ0n) is 15.5. The van der Waals surface area contributed by atoms with Gasteiger partial charge in [0.2, 0.25) is 0 Å². The highest BCUT2D eigenvalue weighted by Gasteiger charge is 2.30. The summed E-state index contributed by atoms with van der Waals surface area (Å²) in [5, 5.41) is 15.6.